The Morgan fingerprint density at radius 3 is 2.55 bits per heavy atom. The average Bonchev–Trinajstić information content (AvgIpc) is 2.68. The van der Waals surface area contributed by atoms with Crippen LogP contribution in [0.1, 0.15) is 17.3 Å². The number of rotatable bonds is 6. The number of para-hydroxylation sites is 2. The highest BCUT2D eigenvalue weighted by molar-refractivity contribution is 7.96. The van der Waals surface area contributed by atoms with Gasteiger partial charge in [0.15, 0.2) is 5.75 Å². The second-order valence-corrected chi connectivity index (χ2v) is 8.22. The lowest BCUT2D eigenvalue weighted by Gasteiger charge is -2.09. The monoisotopic (exact) mass is 415 g/mol. The maximum Gasteiger partial charge on any atom is 0.396 e. The zero-order valence-electron chi connectivity index (χ0n) is 15.8. The van der Waals surface area contributed by atoms with E-state index in [0.717, 1.165) is 0 Å². The first-order valence-electron chi connectivity index (χ1n) is 8.70. The smallest absolute Gasteiger partial charge is 0.396 e. The number of ether oxygens (including phenoxy) is 2. The molecule has 1 atom stereocenters. The van der Waals surface area contributed by atoms with Crippen molar-refractivity contribution in [3.8, 4) is 11.5 Å². The van der Waals surface area contributed by atoms with E-state index in [0.29, 0.717) is 16.7 Å². The van der Waals surface area contributed by atoms with Gasteiger partial charge in [0.2, 0.25) is 0 Å². The van der Waals surface area contributed by atoms with Crippen LogP contribution in [0, 0.1) is 0 Å². The number of hydrogen-bond acceptors (Lipinski definition) is 7. The first-order chi connectivity index (χ1) is 13.9. The quantitative estimate of drug-likeness (QED) is 0.286. The Balaban J connectivity index is 1.70. The molecule has 8 heteroatoms. The van der Waals surface area contributed by atoms with Gasteiger partial charge in [-0.15, -0.1) is 0 Å². The molecule has 1 unspecified atom stereocenters. The van der Waals surface area contributed by atoms with Crippen molar-refractivity contribution >= 4 is 33.8 Å². The molecule has 1 aromatic heterocycles. The molecule has 3 aromatic rings. The molecule has 1 heterocycles. The molecular formula is C21H19O7S+. The van der Waals surface area contributed by atoms with Crippen molar-refractivity contribution in [2.75, 3.05) is 18.6 Å². The maximum atomic E-state index is 12.3. The zero-order valence-corrected chi connectivity index (χ0v) is 16.7. The van der Waals surface area contributed by atoms with Crippen molar-refractivity contribution in [3.05, 3.63) is 64.5 Å². The number of aromatic hydroxyl groups is 1. The van der Waals surface area contributed by atoms with Crippen molar-refractivity contribution in [2.45, 2.75) is 11.8 Å². The molecule has 0 spiro atoms. The fourth-order valence-corrected chi connectivity index (χ4v) is 4.05. The summed E-state index contributed by atoms with van der Waals surface area (Å²) >= 11 is 0. The topological polar surface area (TPSA) is 103 Å². The van der Waals surface area contributed by atoms with Crippen LogP contribution >= 0.6 is 0 Å². The van der Waals surface area contributed by atoms with E-state index in [1.165, 1.54) is 19.1 Å². The highest BCUT2D eigenvalue weighted by atomic mass is 32.2. The summed E-state index contributed by atoms with van der Waals surface area (Å²) in [6.07, 6.45) is 1.77. The Kier molecular flexibility index (Phi) is 6.23. The molecule has 0 saturated heterocycles. The number of fused-ring (bicyclic) bond motifs is 1. The van der Waals surface area contributed by atoms with Crippen LogP contribution in [0.5, 0.6) is 11.5 Å². The third-order valence-corrected chi connectivity index (χ3v) is 5.91. The first kappa shape index (κ1) is 20.5. The standard InChI is InChI=1S/C21H18O7S/c1-13(22)27-17-10-6-4-8-15(17)20(24)26-11-12-29(2)19-18(23)14-7-3-5-9-16(14)28-21(19)25/h3-10H,11-12H2,1-2H3/p+1. The van der Waals surface area contributed by atoms with Gasteiger partial charge in [-0.2, -0.15) is 0 Å². The van der Waals surface area contributed by atoms with E-state index in [1.807, 2.05) is 0 Å². The van der Waals surface area contributed by atoms with Crippen LogP contribution in [-0.4, -0.2) is 35.7 Å². The predicted octanol–water partition coefficient (Wildman–Crippen LogP) is 2.89. The second-order valence-electron chi connectivity index (χ2n) is 6.13. The van der Waals surface area contributed by atoms with Crippen molar-refractivity contribution in [2.24, 2.45) is 0 Å². The Hall–Kier alpha value is -3.26. The number of carbonyl (C=O) groups is 2. The maximum absolute atomic E-state index is 12.3. The van der Waals surface area contributed by atoms with Crippen LogP contribution in [0.4, 0.5) is 0 Å². The number of esters is 2. The van der Waals surface area contributed by atoms with E-state index in [2.05, 4.69) is 0 Å². The highest BCUT2D eigenvalue weighted by Crippen LogP contribution is 2.29. The number of benzene rings is 2. The Morgan fingerprint density at radius 1 is 1.10 bits per heavy atom. The molecule has 0 fully saturated rings. The van der Waals surface area contributed by atoms with Crippen LogP contribution in [0.3, 0.4) is 0 Å². The first-order valence-corrected chi connectivity index (χ1v) is 10.5. The molecule has 29 heavy (non-hydrogen) atoms. The molecule has 0 radical (unpaired) electrons. The van der Waals surface area contributed by atoms with Gasteiger partial charge in [0.1, 0.15) is 35.5 Å². The van der Waals surface area contributed by atoms with E-state index < -0.39 is 28.5 Å². The highest BCUT2D eigenvalue weighted by Gasteiger charge is 2.28. The van der Waals surface area contributed by atoms with E-state index in [9.17, 15) is 19.5 Å². The van der Waals surface area contributed by atoms with E-state index >= 15 is 0 Å². The summed E-state index contributed by atoms with van der Waals surface area (Å²) in [5.74, 6) is -0.868. The molecule has 0 bridgehead atoms. The van der Waals surface area contributed by atoms with Crippen LogP contribution in [0.15, 0.2) is 62.6 Å². The lowest BCUT2D eigenvalue weighted by atomic mass is 10.2. The lowest BCUT2D eigenvalue weighted by molar-refractivity contribution is -0.131. The van der Waals surface area contributed by atoms with Gasteiger partial charge in [0, 0.05) is 17.8 Å². The summed E-state index contributed by atoms with van der Waals surface area (Å²) < 4.78 is 15.6. The third-order valence-electron chi connectivity index (χ3n) is 4.08. The van der Waals surface area contributed by atoms with E-state index in [1.54, 1.807) is 42.7 Å². The summed E-state index contributed by atoms with van der Waals surface area (Å²) in [7, 11) is -0.719. The second kappa shape index (κ2) is 8.83. The minimum atomic E-state index is -0.719. The van der Waals surface area contributed by atoms with Gasteiger partial charge in [-0.05, 0) is 24.3 Å². The predicted molar refractivity (Wildman–Crippen MR) is 109 cm³/mol. The molecule has 0 aliphatic rings. The molecule has 0 amide bonds. The van der Waals surface area contributed by atoms with Crippen molar-refractivity contribution < 1.29 is 28.6 Å². The van der Waals surface area contributed by atoms with Gasteiger partial charge in [0.05, 0.1) is 5.39 Å². The Labute approximate surface area is 169 Å². The van der Waals surface area contributed by atoms with Crippen molar-refractivity contribution in [1.29, 1.82) is 0 Å². The van der Waals surface area contributed by atoms with Gasteiger partial charge < -0.3 is 19.0 Å². The van der Waals surface area contributed by atoms with Crippen LogP contribution in [0.2, 0.25) is 0 Å². The molecule has 2 aromatic carbocycles. The lowest BCUT2D eigenvalue weighted by Crippen LogP contribution is -2.21. The Bertz CT molecular complexity index is 1120. The average molecular weight is 415 g/mol. The van der Waals surface area contributed by atoms with Gasteiger partial charge in [-0.1, -0.05) is 24.3 Å². The van der Waals surface area contributed by atoms with Crippen LogP contribution < -0.4 is 10.4 Å². The van der Waals surface area contributed by atoms with E-state index in [4.69, 9.17) is 13.9 Å². The molecule has 0 aliphatic heterocycles. The zero-order chi connectivity index (χ0) is 21.0. The summed E-state index contributed by atoms with van der Waals surface area (Å²) in [4.78, 5) is 36.0. The molecule has 0 saturated carbocycles. The van der Waals surface area contributed by atoms with Crippen molar-refractivity contribution in [3.63, 3.8) is 0 Å². The summed E-state index contributed by atoms with van der Waals surface area (Å²) in [5, 5.41) is 11.0. The number of hydrogen-bond donors (Lipinski definition) is 1. The summed E-state index contributed by atoms with van der Waals surface area (Å²) in [6.45, 7) is 1.26. The Morgan fingerprint density at radius 2 is 1.79 bits per heavy atom. The number of carbonyl (C=O) groups excluding carboxylic acids is 2. The largest absolute Gasteiger partial charge is 0.503 e. The van der Waals surface area contributed by atoms with Gasteiger partial charge >= 0.3 is 17.6 Å². The molecule has 0 aliphatic carbocycles. The van der Waals surface area contributed by atoms with Crippen molar-refractivity contribution in [1.82, 2.24) is 0 Å². The normalized spacial score (nSPS) is 11.8. The van der Waals surface area contributed by atoms with Gasteiger partial charge in [-0.25, -0.2) is 9.59 Å². The minimum absolute atomic E-state index is 0.0125. The fraction of sp³-hybridized carbons (Fsp3) is 0.190. The van der Waals surface area contributed by atoms with E-state index in [-0.39, 0.29) is 28.6 Å². The molecule has 1 N–H and O–H groups in total. The molecule has 3 rings (SSSR count). The van der Waals surface area contributed by atoms with Crippen LogP contribution in [-0.2, 0) is 20.4 Å². The van der Waals surface area contributed by atoms with Crippen LogP contribution in [0.25, 0.3) is 11.0 Å². The SMILES string of the molecule is CC(=O)Oc1ccccc1C(=O)OCC[S+](C)c1c(O)c2ccccc2oc1=O. The fourth-order valence-electron chi connectivity index (χ4n) is 2.74. The van der Waals surface area contributed by atoms with Gasteiger partial charge in [0.25, 0.3) is 4.90 Å². The molecule has 150 valence electrons. The molecule has 7 nitrogen and oxygen atoms in total. The summed E-state index contributed by atoms with van der Waals surface area (Å²) in [5.41, 5.74) is -0.172. The third kappa shape index (κ3) is 4.60. The van der Waals surface area contributed by atoms with Gasteiger partial charge in [-0.3, -0.25) is 4.79 Å². The summed E-state index contributed by atoms with van der Waals surface area (Å²) in [6, 6.07) is 13.0. The molecular weight excluding hydrogens is 396 g/mol. The minimum Gasteiger partial charge on any atom is -0.503 e.